The molecule has 1 aliphatic carbocycles. The van der Waals surface area contributed by atoms with Gasteiger partial charge in [0.1, 0.15) is 0 Å². The maximum Gasteiger partial charge on any atom is 0.305 e. The lowest BCUT2D eigenvalue weighted by Crippen LogP contribution is -2.18. The fourth-order valence-electron chi connectivity index (χ4n) is 1.50. The van der Waals surface area contributed by atoms with E-state index in [0.717, 1.165) is 15.9 Å². The van der Waals surface area contributed by atoms with Crippen molar-refractivity contribution in [2.24, 2.45) is 0 Å². The first-order valence-electron chi connectivity index (χ1n) is 4.20. The van der Waals surface area contributed by atoms with Crippen molar-refractivity contribution in [3.8, 4) is 0 Å². The van der Waals surface area contributed by atoms with Gasteiger partial charge in [0.05, 0.1) is 0 Å². The third kappa shape index (κ3) is 1.57. The molecule has 0 aliphatic heterocycles. The van der Waals surface area contributed by atoms with Gasteiger partial charge in [-0.2, -0.15) is 0 Å². The lowest BCUT2D eigenvalue weighted by Gasteiger charge is -2.04. The fourth-order valence-corrected chi connectivity index (χ4v) is 1.91. The molecule has 1 aliphatic rings. The zero-order chi connectivity index (χ0) is 8.55. The maximum absolute atomic E-state index is 9.10. The molecule has 1 nitrogen and oxygen atoms in total. The molecule has 1 N–H and O–H groups in total. The molecule has 0 atom stereocenters. The average Bonchev–Trinajstić information content (AvgIpc) is 2.87. The zero-order valence-corrected chi connectivity index (χ0v) is 8.34. The van der Waals surface area contributed by atoms with E-state index in [2.05, 4.69) is 22.0 Å². The molecule has 0 spiro atoms. The molecular formula is C9H10BBrO. The van der Waals surface area contributed by atoms with Crippen LogP contribution in [0.1, 0.15) is 24.3 Å². The van der Waals surface area contributed by atoms with Gasteiger partial charge >= 0.3 is 7.48 Å². The summed E-state index contributed by atoms with van der Waals surface area (Å²) in [6, 6.07) is 6.17. The minimum atomic E-state index is 0.158. The van der Waals surface area contributed by atoms with Gasteiger partial charge in [-0.1, -0.05) is 28.1 Å². The predicted octanol–water partition coefficient (Wildman–Crippen LogP) is 1.30. The molecule has 2 rings (SSSR count). The Kier molecular flexibility index (Phi) is 2.24. The van der Waals surface area contributed by atoms with Crippen LogP contribution in [0, 0.1) is 0 Å². The molecule has 1 aromatic rings. The second kappa shape index (κ2) is 3.23. The third-order valence-corrected chi connectivity index (χ3v) is 2.79. The van der Waals surface area contributed by atoms with E-state index in [1.165, 1.54) is 18.4 Å². The normalized spacial score (nSPS) is 16.2. The van der Waals surface area contributed by atoms with Crippen LogP contribution in [0.3, 0.4) is 0 Å². The SMILES string of the molecule is OBc1cc(Br)ccc1C1CC1. The maximum atomic E-state index is 9.10. The number of rotatable bonds is 2. The highest BCUT2D eigenvalue weighted by atomic mass is 79.9. The van der Waals surface area contributed by atoms with Gasteiger partial charge in [-0.3, -0.25) is 0 Å². The minimum Gasteiger partial charge on any atom is -0.449 e. The minimum absolute atomic E-state index is 0.158. The van der Waals surface area contributed by atoms with Crippen LogP contribution in [-0.2, 0) is 0 Å². The van der Waals surface area contributed by atoms with Gasteiger partial charge in [-0.15, -0.1) is 0 Å². The zero-order valence-electron chi connectivity index (χ0n) is 6.76. The molecular weight excluding hydrogens is 215 g/mol. The van der Waals surface area contributed by atoms with Gasteiger partial charge in [0.25, 0.3) is 0 Å². The van der Waals surface area contributed by atoms with E-state index in [9.17, 15) is 0 Å². The standard InChI is InChI=1S/C9H10BBrO/c11-7-3-4-8(6-1-2-6)9(5-7)10-12/h3-6,10,12H,1-2H2. The molecule has 1 aromatic carbocycles. The quantitative estimate of drug-likeness (QED) is 0.752. The monoisotopic (exact) mass is 224 g/mol. The molecule has 0 unspecified atom stereocenters. The van der Waals surface area contributed by atoms with Crippen LogP contribution in [0.2, 0.25) is 0 Å². The largest absolute Gasteiger partial charge is 0.449 e. The van der Waals surface area contributed by atoms with Crippen molar-refractivity contribution in [2.45, 2.75) is 18.8 Å². The molecule has 0 bridgehead atoms. The van der Waals surface area contributed by atoms with Crippen molar-refractivity contribution in [3.05, 3.63) is 28.2 Å². The highest BCUT2D eigenvalue weighted by Crippen LogP contribution is 2.39. The third-order valence-electron chi connectivity index (χ3n) is 2.29. The molecule has 0 saturated heterocycles. The summed E-state index contributed by atoms with van der Waals surface area (Å²) in [4.78, 5) is 0. The van der Waals surface area contributed by atoms with E-state index in [1.807, 2.05) is 12.1 Å². The molecule has 0 radical (unpaired) electrons. The number of halogens is 1. The summed E-state index contributed by atoms with van der Waals surface area (Å²) in [6.07, 6.45) is 2.57. The summed E-state index contributed by atoms with van der Waals surface area (Å²) in [5, 5.41) is 9.10. The molecule has 0 heterocycles. The number of benzene rings is 1. The van der Waals surface area contributed by atoms with Crippen LogP contribution in [0.5, 0.6) is 0 Å². The number of hydrogen-bond acceptors (Lipinski definition) is 1. The fraction of sp³-hybridized carbons (Fsp3) is 0.333. The van der Waals surface area contributed by atoms with Crippen LogP contribution in [0.4, 0.5) is 0 Å². The molecule has 12 heavy (non-hydrogen) atoms. The van der Waals surface area contributed by atoms with Crippen molar-refractivity contribution in [3.63, 3.8) is 0 Å². The summed E-state index contributed by atoms with van der Waals surface area (Å²) < 4.78 is 1.05. The van der Waals surface area contributed by atoms with Gasteiger partial charge < -0.3 is 5.02 Å². The second-order valence-corrected chi connectivity index (χ2v) is 4.19. The molecule has 1 fully saturated rings. The topological polar surface area (TPSA) is 20.2 Å². The van der Waals surface area contributed by atoms with Crippen LogP contribution < -0.4 is 5.46 Å². The van der Waals surface area contributed by atoms with Crippen LogP contribution >= 0.6 is 15.9 Å². The Bertz CT molecular complexity index is 297. The molecule has 3 heteroatoms. The Balaban J connectivity index is 2.38. The average molecular weight is 225 g/mol. The molecule has 1 saturated carbocycles. The Morgan fingerprint density at radius 2 is 2.17 bits per heavy atom. The van der Waals surface area contributed by atoms with Crippen molar-refractivity contribution < 1.29 is 5.02 Å². The van der Waals surface area contributed by atoms with E-state index in [1.54, 1.807) is 0 Å². The van der Waals surface area contributed by atoms with E-state index in [-0.39, 0.29) is 7.48 Å². The van der Waals surface area contributed by atoms with E-state index in [0.29, 0.717) is 0 Å². The first kappa shape index (κ1) is 8.33. The van der Waals surface area contributed by atoms with Gasteiger partial charge in [-0.25, -0.2) is 0 Å². The van der Waals surface area contributed by atoms with E-state index >= 15 is 0 Å². The van der Waals surface area contributed by atoms with Gasteiger partial charge in [0, 0.05) is 4.47 Å². The van der Waals surface area contributed by atoms with Crippen molar-refractivity contribution in [2.75, 3.05) is 0 Å². The van der Waals surface area contributed by atoms with Crippen molar-refractivity contribution >= 4 is 28.9 Å². The lowest BCUT2D eigenvalue weighted by molar-refractivity contribution is 0.615. The summed E-state index contributed by atoms with van der Waals surface area (Å²) in [5.41, 5.74) is 2.41. The summed E-state index contributed by atoms with van der Waals surface area (Å²) in [5.74, 6) is 0.722. The summed E-state index contributed by atoms with van der Waals surface area (Å²) in [6.45, 7) is 0. The lowest BCUT2D eigenvalue weighted by atomic mass is 9.83. The Hall–Kier alpha value is -0.275. The van der Waals surface area contributed by atoms with Crippen LogP contribution in [-0.4, -0.2) is 12.5 Å². The molecule has 0 amide bonds. The Morgan fingerprint density at radius 1 is 1.42 bits per heavy atom. The first-order chi connectivity index (χ1) is 5.81. The van der Waals surface area contributed by atoms with Gasteiger partial charge in [-0.05, 0) is 35.9 Å². The first-order valence-corrected chi connectivity index (χ1v) is 4.99. The Morgan fingerprint density at radius 3 is 2.75 bits per heavy atom. The van der Waals surface area contributed by atoms with Crippen LogP contribution in [0.15, 0.2) is 22.7 Å². The molecule has 62 valence electrons. The van der Waals surface area contributed by atoms with E-state index < -0.39 is 0 Å². The van der Waals surface area contributed by atoms with Crippen molar-refractivity contribution in [1.82, 2.24) is 0 Å². The van der Waals surface area contributed by atoms with Gasteiger partial charge in [0.15, 0.2) is 0 Å². The van der Waals surface area contributed by atoms with Crippen LogP contribution in [0.25, 0.3) is 0 Å². The molecule has 0 aromatic heterocycles. The predicted molar refractivity (Wildman–Crippen MR) is 55.1 cm³/mol. The second-order valence-electron chi connectivity index (χ2n) is 3.28. The number of hydrogen-bond donors (Lipinski definition) is 1. The van der Waals surface area contributed by atoms with E-state index in [4.69, 9.17) is 5.02 Å². The highest BCUT2D eigenvalue weighted by molar-refractivity contribution is 9.10. The highest BCUT2D eigenvalue weighted by Gasteiger charge is 2.25. The smallest absolute Gasteiger partial charge is 0.305 e. The van der Waals surface area contributed by atoms with Crippen molar-refractivity contribution in [1.29, 1.82) is 0 Å². The van der Waals surface area contributed by atoms with Gasteiger partial charge in [0.2, 0.25) is 0 Å². The summed E-state index contributed by atoms with van der Waals surface area (Å²) in [7, 11) is 0.158. The summed E-state index contributed by atoms with van der Waals surface area (Å²) >= 11 is 3.40. The Labute approximate surface area is 81.2 Å².